The zero-order valence-electron chi connectivity index (χ0n) is 16.5. The SMILES string of the molecule is CCOc1cccc(N2C(=O)/C(=C/c3ccc(Sc4ccccc4)o3)C(=O)NC2=S)c1. The van der Waals surface area contributed by atoms with Crippen molar-refractivity contribution in [1.29, 1.82) is 0 Å². The van der Waals surface area contributed by atoms with Crippen LogP contribution < -0.4 is 15.0 Å². The maximum absolute atomic E-state index is 13.1. The Morgan fingerprint density at radius 1 is 1.10 bits per heavy atom. The molecule has 0 aliphatic carbocycles. The highest BCUT2D eigenvalue weighted by Crippen LogP contribution is 2.30. The monoisotopic (exact) mass is 450 g/mol. The molecule has 1 aliphatic heterocycles. The molecule has 0 atom stereocenters. The third-order valence-corrected chi connectivity index (χ3v) is 5.55. The Morgan fingerprint density at radius 3 is 2.68 bits per heavy atom. The van der Waals surface area contributed by atoms with Crippen molar-refractivity contribution in [3.63, 3.8) is 0 Å². The highest BCUT2D eigenvalue weighted by molar-refractivity contribution is 7.99. The highest BCUT2D eigenvalue weighted by atomic mass is 32.2. The zero-order chi connectivity index (χ0) is 21.8. The average molecular weight is 451 g/mol. The maximum Gasteiger partial charge on any atom is 0.270 e. The Bertz CT molecular complexity index is 1170. The van der Waals surface area contributed by atoms with Crippen LogP contribution in [-0.4, -0.2) is 23.5 Å². The minimum Gasteiger partial charge on any atom is -0.494 e. The Morgan fingerprint density at radius 2 is 1.90 bits per heavy atom. The number of thiocarbonyl (C=S) groups is 1. The molecule has 0 bridgehead atoms. The van der Waals surface area contributed by atoms with Gasteiger partial charge < -0.3 is 9.15 Å². The molecular formula is C23H18N2O4S2. The van der Waals surface area contributed by atoms with Gasteiger partial charge in [-0.05, 0) is 61.6 Å². The molecule has 156 valence electrons. The van der Waals surface area contributed by atoms with E-state index in [0.29, 0.717) is 28.9 Å². The number of nitrogens with zero attached hydrogens (tertiary/aromatic N) is 1. The number of hydrogen-bond acceptors (Lipinski definition) is 6. The van der Waals surface area contributed by atoms with Gasteiger partial charge in [-0.3, -0.25) is 19.8 Å². The molecule has 2 amide bonds. The zero-order valence-corrected chi connectivity index (χ0v) is 18.2. The van der Waals surface area contributed by atoms with E-state index in [9.17, 15) is 9.59 Å². The molecule has 0 spiro atoms. The first-order chi connectivity index (χ1) is 15.0. The number of hydrogen-bond donors (Lipinski definition) is 1. The van der Waals surface area contributed by atoms with Crippen LogP contribution in [0.25, 0.3) is 6.08 Å². The van der Waals surface area contributed by atoms with Gasteiger partial charge in [0.05, 0.1) is 12.3 Å². The van der Waals surface area contributed by atoms with Crippen LogP contribution in [0.15, 0.2) is 86.7 Å². The summed E-state index contributed by atoms with van der Waals surface area (Å²) in [7, 11) is 0. The maximum atomic E-state index is 13.1. The lowest BCUT2D eigenvalue weighted by Gasteiger charge is -2.29. The van der Waals surface area contributed by atoms with Gasteiger partial charge in [0, 0.05) is 11.0 Å². The molecule has 1 N–H and O–H groups in total. The third kappa shape index (κ3) is 4.70. The van der Waals surface area contributed by atoms with E-state index in [1.807, 2.05) is 37.3 Å². The van der Waals surface area contributed by atoms with Crippen molar-refractivity contribution in [3.05, 3.63) is 78.1 Å². The van der Waals surface area contributed by atoms with Crippen LogP contribution in [-0.2, 0) is 9.59 Å². The smallest absolute Gasteiger partial charge is 0.270 e. The second-order valence-electron chi connectivity index (χ2n) is 6.46. The van der Waals surface area contributed by atoms with Crippen LogP contribution in [0, 0.1) is 0 Å². The number of carbonyl (C=O) groups excluding carboxylic acids is 2. The molecular weight excluding hydrogens is 432 g/mol. The third-order valence-electron chi connectivity index (χ3n) is 4.34. The van der Waals surface area contributed by atoms with E-state index in [1.165, 1.54) is 22.7 Å². The van der Waals surface area contributed by atoms with E-state index < -0.39 is 11.8 Å². The van der Waals surface area contributed by atoms with Gasteiger partial charge in [-0.1, -0.05) is 36.0 Å². The van der Waals surface area contributed by atoms with E-state index in [2.05, 4.69) is 5.32 Å². The van der Waals surface area contributed by atoms with E-state index >= 15 is 0 Å². The second-order valence-corrected chi connectivity index (χ2v) is 7.92. The summed E-state index contributed by atoms with van der Waals surface area (Å²) in [4.78, 5) is 27.9. The number of amides is 2. The lowest BCUT2D eigenvalue weighted by Crippen LogP contribution is -2.54. The predicted molar refractivity (Wildman–Crippen MR) is 123 cm³/mol. The number of rotatable bonds is 6. The van der Waals surface area contributed by atoms with Gasteiger partial charge in [0.25, 0.3) is 11.8 Å². The minimum atomic E-state index is -0.569. The average Bonchev–Trinajstić information content (AvgIpc) is 3.19. The fraction of sp³-hybridized carbons (Fsp3) is 0.0870. The number of carbonyl (C=O) groups is 2. The summed E-state index contributed by atoms with van der Waals surface area (Å²) in [5, 5.41) is 3.23. The van der Waals surface area contributed by atoms with Gasteiger partial charge in [-0.15, -0.1) is 0 Å². The van der Waals surface area contributed by atoms with Crippen molar-refractivity contribution < 1.29 is 18.7 Å². The minimum absolute atomic E-state index is 0.0144. The topological polar surface area (TPSA) is 71.8 Å². The molecule has 31 heavy (non-hydrogen) atoms. The Labute approximate surface area is 188 Å². The molecule has 0 radical (unpaired) electrons. The first-order valence-electron chi connectivity index (χ1n) is 9.52. The molecule has 1 saturated heterocycles. The van der Waals surface area contributed by atoms with E-state index in [0.717, 1.165) is 4.90 Å². The fourth-order valence-electron chi connectivity index (χ4n) is 2.98. The Kier molecular flexibility index (Phi) is 6.20. The number of anilines is 1. The van der Waals surface area contributed by atoms with Gasteiger partial charge in [0.1, 0.15) is 17.1 Å². The fourth-order valence-corrected chi connectivity index (χ4v) is 4.07. The molecule has 1 aliphatic rings. The van der Waals surface area contributed by atoms with Crippen molar-refractivity contribution in [2.75, 3.05) is 11.5 Å². The summed E-state index contributed by atoms with van der Waals surface area (Å²) < 4.78 is 11.3. The van der Waals surface area contributed by atoms with Crippen molar-refractivity contribution in [2.45, 2.75) is 16.9 Å². The van der Waals surface area contributed by atoms with Gasteiger partial charge in [0.15, 0.2) is 10.2 Å². The molecule has 2 aromatic carbocycles. The standard InChI is InChI=1S/C23H18N2O4S2/c1-2-28-16-8-6-7-15(13-16)25-22(27)19(21(26)24-23(25)30)14-17-11-12-20(29-17)31-18-9-4-3-5-10-18/h3-14H,2H2,1H3,(H,24,26,30)/b19-14+. The number of nitrogens with one attached hydrogen (secondary N) is 1. The van der Waals surface area contributed by atoms with Gasteiger partial charge in [-0.25, -0.2) is 0 Å². The second kappa shape index (κ2) is 9.20. The molecule has 3 aromatic rings. The van der Waals surface area contributed by atoms with Crippen molar-refractivity contribution in [3.8, 4) is 5.75 Å². The molecule has 8 heteroatoms. The summed E-state index contributed by atoms with van der Waals surface area (Å²) in [6.45, 7) is 2.36. The van der Waals surface area contributed by atoms with E-state index in [4.69, 9.17) is 21.4 Å². The number of furan rings is 1. The molecule has 4 rings (SSSR count). The van der Waals surface area contributed by atoms with Crippen LogP contribution >= 0.6 is 24.0 Å². The van der Waals surface area contributed by atoms with Crippen molar-refractivity contribution >= 4 is 52.7 Å². The molecule has 1 aromatic heterocycles. The van der Waals surface area contributed by atoms with Crippen molar-refractivity contribution in [2.24, 2.45) is 0 Å². The van der Waals surface area contributed by atoms with Crippen LogP contribution in [0.3, 0.4) is 0 Å². The highest BCUT2D eigenvalue weighted by Gasteiger charge is 2.35. The summed E-state index contributed by atoms with van der Waals surface area (Å²) in [6, 6.07) is 20.2. The lowest BCUT2D eigenvalue weighted by molar-refractivity contribution is -0.122. The van der Waals surface area contributed by atoms with Gasteiger partial charge >= 0.3 is 0 Å². The molecule has 0 unspecified atom stereocenters. The summed E-state index contributed by atoms with van der Waals surface area (Å²) >= 11 is 6.69. The summed E-state index contributed by atoms with van der Waals surface area (Å²) in [5.74, 6) is -0.101. The van der Waals surface area contributed by atoms with Crippen LogP contribution in [0.5, 0.6) is 5.75 Å². The first kappa shape index (κ1) is 20.9. The molecule has 0 saturated carbocycles. The quantitative estimate of drug-likeness (QED) is 0.335. The van der Waals surface area contributed by atoms with Crippen LogP contribution in [0.1, 0.15) is 12.7 Å². The van der Waals surface area contributed by atoms with Crippen LogP contribution in [0.2, 0.25) is 0 Å². The number of benzene rings is 2. The van der Waals surface area contributed by atoms with Gasteiger partial charge in [0.2, 0.25) is 0 Å². The molecule has 6 nitrogen and oxygen atoms in total. The van der Waals surface area contributed by atoms with E-state index in [1.54, 1.807) is 36.4 Å². The van der Waals surface area contributed by atoms with Gasteiger partial charge in [-0.2, -0.15) is 0 Å². The number of ether oxygens (including phenoxy) is 1. The van der Waals surface area contributed by atoms with Crippen molar-refractivity contribution in [1.82, 2.24) is 5.32 Å². The van der Waals surface area contributed by atoms with E-state index in [-0.39, 0.29) is 10.7 Å². The molecule has 2 heterocycles. The Balaban J connectivity index is 1.60. The van der Waals surface area contributed by atoms with Crippen LogP contribution in [0.4, 0.5) is 5.69 Å². The Hall–Kier alpha value is -3.36. The summed E-state index contributed by atoms with van der Waals surface area (Å²) in [6.07, 6.45) is 1.42. The largest absolute Gasteiger partial charge is 0.494 e. The summed E-state index contributed by atoms with van der Waals surface area (Å²) in [5.41, 5.74) is 0.438. The lowest BCUT2D eigenvalue weighted by atomic mass is 10.1. The normalized spacial score (nSPS) is 15.3. The molecule has 1 fully saturated rings. The predicted octanol–water partition coefficient (Wildman–Crippen LogP) is 4.66. The first-order valence-corrected chi connectivity index (χ1v) is 10.7.